The van der Waals surface area contributed by atoms with Gasteiger partial charge in [0.05, 0.1) is 0 Å². The van der Waals surface area contributed by atoms with Crippen LogP contribution in [-0.2, 0) is 4.79 Å². The molecule has 0 saturated carbocycles. The molecule has 0 amide bonds. The second-order valence-corrected chi connectivity index (χ2v) is 5.43. The first-order valence-electron chi connectivity index (χ1n) is 6.22. The molecule has 2 aliphatic heterocycles. The van der Waals surface area contributed by atoms with Crippen molar-refractivity contribution in [2.24, 2.45) is 5.92 Å². The molecular formula is C12H22N2O2. The molecule has 2 rings (SSSR count). The smallest absolute Gasteiger partial charge is 0.303 e. The molecule has 0 aromatic heterocycles. The van der Waals surface area contributed by atoms with E-state index < -0.39 is 5.97 Å². The van der Waals surface area contributed by atoms with Gasteiger partial charge in [-0.3, -0.25) is 9.69 Å². The first kappa shape index (κ1) is 11.9. The molecule has 2 heterocycles. The summed E-state index contributed by atoms with van der Waals surface area (Å²) in [7, 11) is 2.18. The van der Waals surface area contributed by atoms with E-state index in [1.54, 1.807) is 0 Å². The Labute approximate surface area is 97.2 Å². The van der Waals surface area contributed by atoms with E-state index in [-0.39, 0.29) is 0 Å². The SMILES string of the molecule is CC1CC(N2CCC(CC(=O)O)C2)CN1C. The number of carboxylic acid groups (broad SMARTS) is 1. The minimum atomic E-state index is -0.649. The Morgan fingerprint density at radius 3 is 2.75 bits per heavy atom. The van der Waals surface area contributed by atoms with Crippen LogP contribution < -0.4 is 0 Å². The number of carbonyl (C=O) groups is 1. The van der Waals surface area contributed by atoms with Gasteiger partial charge in [0.25, 0.3) is 0 Å². The van der Waals surface area contributed by atoms with Crippen LogP contribution in [0.5, 0.6) is 0 Å². The third kappa shape index (κ3) is 2.55. The lowest BCUT2D eigenvalue weighted by Crippen LogP contribution is -2.35. The van der Waals surface area contributed by atoms with Crippen molar-refractivity contribution in [3.05, 3.63) is 0 Å². The second kappa shape index (κ2) is 4.72. The van der Waals surface area contributed by atoms with Crippen LogP contribution in [0.2, 0.25) is 0 Å². The highest BCUT2D eigenvalue weighted by Gasteiger charge is 2.34. The van der Waals surface area contributed by atoms with E-state index in [0.29, 0.717) is 24.4 Å². The van der Waals surface area contributed by atoms with Crippen molar-refractivity contribution in [3.63, 3.8) is 0 Å². The van der Waals surface area contributed by atoms with Crippen molar-refractivity contribution in [1.82, 2.24) is 9.80 Å². The molecule has 0 aliphatic carbocycles. The maximum atomic E-state index is 10.7. The van der Waals surface area contributed by atoms with Gasteiger partial charge in [-0.15, -0.1) is 0 Å². The minimum absolute atomic E-state index is 0.342. The first-order chi connectivity index (χ1) is 7.56. The van der Waals surface area contributed by atoms with Gasteiger partial charge in [-0.05, 0) is 39.3 Å². The molecule has 0 spiro atoms. The van der Waals surface area contributed by atoms with Crippen LogP contribution in [0, 0.1) is 5.92 Å². The number of nitrogens with zero attached hydrogens (tertiary/aromatic N) is 2. The molecule has 0 aromatic carbocycles. The van der Waals surface area contributed by atoms with Gasteiger partial charge in [-0.25, -0.2) is 0 Å². The fourth-order valence-electron chi connectivity index (χ4n) is 3.03. The van der Waals surface area contributed by atoms with Crippen LogP contribution in [-0.4, -0.2) is 59.6 Å². The highest BCUT2D eigenvalue weighted by Crippen LogP contribution is 2.27. The standard InChI is InChI=1S/C12H22N2O2/c1-9-5-11(8-13(9)2)14-4-3-10(7-14)6-12(15)16/h9-11H,3-8H2,1-2H3,(H,15,16). The predicted octanol–water partition coefficient (Wildman–Crippen LogP) is 0.876. The fourth-order valence-corrected chi connectivity index (χ4v) is 3.03. The average molecular weight is 226 g/mol. The van der Waals surface area contributed by atoms with Gasteiger partial charge in [0.1, 0.15) is 0 Å². The summed E-state index contributed by atoms with van der Waals surface area (Å²) < 4.78 is 0. The highest BCUT2D eigenvalue weighted by atomic mass is 16.4. The van der Waals surface area contributed by atoms with Crippen LogP contribution in [0.15, 0.2) is 0 Å². The first-order valence-corrected chi connectivity index (χ1v) is 6.22. The summed E-state index contributed by atoms with van der Waals surface area (Å²) in [6.07, 6.45) is 2.63. The summed E-state index contributed by atoms with van der Waals surface area (Å²) in [4.78, 5) is 15.6. The van der Waals surface area contributed by atoms with Crippen LogP contribution in [0.4, 0.5) is 0 Å². The summed E-state index contributed by atoms with van der Waals surface area (Å²) in [5.74, 6) is -0.275. The number of aliphatic carboxylic acids is 1. The van der Waals surface area contributed by atoms with E-state index in [1.807, 2.05) is 0 Å². The topological polar surface area (TPSA) is 43.8 Å². The lowest BCUT2D eigenvalue weighted by molar-refractivity contribution is -0.138. The minimum Gasteiger partial charge on any atom is -0.481 e. The molecule has 16 heavy (non-hydrogen) atoms. The van der Waals surface area contributed by atoms with Crippen LogP contribution in [0.3, 0.4) is 0 Å². The molecule has 0 bridgehead atoms. The van der Waals surface area contributed by atoms with Crippen LogP contribution in [0.1, 0.15) is 26.2 Å². The van der Waals surface area contributed by atoms with Crippen molar-refractivity contribution in [2.75, 3.05) is 26.7 Å². The lowest BCUT2D eigenvalue weighted by atomic mass is 10.1. The Morgan fingerprint density at radius 2 is 2.19 bits per heavy atom. The Morgan fingerprint density at radius 1 is 1.44 bits per heavy atom. The van der Waals surface area contributed by atoms with Gasteiger partial charge in [-0.2, -0.15) is 0 Å². The molecule has 2 aliphatic rings. The molecule has 2 fully saturated rings. The van der Waals surface area contributed by atoms with Gasteiger partial charge in [0.15, 0.2) is 0 Å². The second-order valence-electron chi connectivity index (χ2n) is 5.43. The van der Waals surface area contributed by atoms with Crippen molar-refractivity contribution < 1.29 is 9.90 Å². The number of likely N-dealkylation sites (N-methyl/N-ethyl adjacent to an activating group) is 1. The summed E-state index contributed by atoms with van der Waals surface area (Å²) >= 11 is 0. The Hall–Kier alpha value is -0.610. The Bertz CT molecular complexity index is 260. The van der Waals surface area contributed by atoms with E-state index in [0.717, 1.165) is 26.1 Å². The van der Waals surface area contributed by atoms with Crippen LogP contribution in [0.25, 0.3) is 0 Å². The molecule has 4 nitrogen and oxygen atoms in total. The number of carboxylic acids is 1. The molecule has 0 radical (unpaired) electrons. The van der Waals surface area contributed by atoms with Gasteiger partial charge < -0.3 is 10.0 Å². The molecule has 3 unspecified atom stereocenters. The normalized spacial score (nSPS) is 37.0. The van der Waals surface area contributed by atoms with Gasteiger partial charge in [-0.1, -0.05) is 0 Å². The molecule has 4 heteroatoms. The predicted molar refractivity (Wildman–Crippen MR) is 62.4 cm³/mol. The number of rotatable bonds is 3. The largest absolute Gasteiger partial charge is 0.481 e. The summed E-state index contributed by atoms with van der Waals surface area (Å²) in [5, 5.41) is 8.78. The monoisotopic (exact) mass is 226 g/mol. The molecular weight excluding hydrogens is 204 g/mol. The molecule has 0 aromatic rings. The van der Waals surface area contributed by atoms with E-state index in [9.17, 15) is 4.79 Å². The van der Waals surface area contributed by atoms with Crippen molar-refractivity contribution in [1.29, 1.82) is 0 Å². The van der Waals surface area contributed by atoms with E-state index in [4.69, 9.17) is 5.11 Å². The fraction of sp³-hybridized carbons (Fsp3) is 0.917. The van der Waals surface area contributed by atoms with Crippen molar-refractivity contribution in [3.8, 4) is 0 Å². The number of likely N-dealkylation sites (tertiary alicyclic amines) is 2. The highest BCUT2D eigenvalue weighted by molar-refractivity contribution is 5.67. The summed E-state index contributed by atoms with van der Waals surface area (Å²) in [5.41, 5.74) is 0. The van der Waals surface area contributed by atoms with Crippen molar-refractivity contribution >= 4 is 5.97 Å². The zero-order valence-corrected chi connectivity index (χ0v) is 10.2. The third-order valence-corrected chi connectivity index (χ3v) is 4.16. The molecule has 1 N–H and O–H groups in total. The molecule has 2 saturated heterocycles. The van der Waals surface area contributed by atoms with Crippen LogP contribution >= 0.6 is 0 Å². The summed E-state index contributed by atoms with van der Waals surface area (Å²) in [6, 6.07) is 1.32. The van der Waals surface area contributed by atoms with Gasteiger partial charge in [0.2, 0.25) is 0 Å². The van der Waals surface area contributed by atoms with Gasteiger partial charge >= 0.3 is 5.97 Å². The Balaban J connectivity index is 1.82. The van der Waals surface area contributed by atoms with E-state index in [1.165, 1.54) is 6.42 Å². The van der Waals surface area contributed by atoms with E-state index >= 15 is 0 Å². The number of hydrogen-bond donors (Lipinski definition) is 1. The average Bonchev–Trinajstić information content (AvgIpc) is 2.74. The lowest BCUT2D eigenvalue weighted by Gasteiger charge is -2.23. The van der Waals surface area contributed by atoms with E-state index in [2.05, 4.69) is 23.8 Å². The third-order valence-electron chi connectivity index (χ3n) is 4.16. The summed E-state index contributed by atoms with van der Waals surface area (Å²) in [6.45, 7) is 5.48. The Kier molecular flexibility index (Phi) is 3.50. The zero-order valence-electron chi connectivity index (χ0n) is 10.2. The maximum Gasteiger partial charge on any atom is 0.303 e. The molecule has 92 valence electrons. The molecule has 3 atom stereocenters. The maximum absolute atomic E-state index is 10.7. The number of hydrogen-bond acceptors (Lipinski definition) is 3. The zero-order chi connectivity index (χ0) is 11.7. The van der Waals surface area contributed by atoms with Crippen molar-refractivity contribution in [2.45, 2.75) is 38.3 Å². The quantitative estimate of drug-likeness (QED) is 0.775. The van der Waals surface area contributed by atoms with Gasteiger partial charge in [0, 0.05) is 31.6 Å².